The van der Waals surface area contributed by atoms with Gasteiger partial charge in [0.25, 0.3) is 0 Å². The molecule has 0 bridgehead atoms. The maximum Gasteiger partial charge on any atom is 0.247 e. The first kappa shape index (κ1) is 13.3. The van der Waals surface area contributed by atoms with Gasteiger partial charge in [0.2, 0.25) is 10.0 Å². The van der Waals surface area contributed by atoms with Gasteiger partial charge < -0.3 is 0 Å². The molecule has 0 saturated carbocycles. The molecule has 18 heavy (non-hydrogen) atoms. The van der Waals surface area contributed by atoms with Crippen LogP contribution in [0.4, 0.5) is 4.39 Å². The van der Waals surface area contributed by atoms with Crippen molar-refractivity contribution in [3.8, 4) is 0 Å². The van der Waals surface area contributed by atoms with Gasteiger partial charge in [-0.05, 0) is 30.3 Å². The van der Waals surface area contributed by atoms with Crippen LogP contribution >= 0.6 is 11.3 Å². The van der Waals surface area contributed by atoms with E-state index in [9.17, 15) is 17.0 Å². The fourth-order valence-electron chi connectivity index (χ4n) is 1.25. The van der Waals surface area contributed by atoms with Crippen LogP contribution in [-0.2, 0) is 20.8 Å². The lowest BCUT2D eigenvalue weighted by atomic mass is 10.4. The Morgan fingerprint density at radius 3 is 2.50 bits per heavy atom. The van der Waals surface area contributed by atoms with Crippen molar-refractivity contribution in [1.82, 2.24) is 0 Å². The van der Waals surface area contributed by atoms with E-state index in [1.54, 1.807) is 0 Å². The summed E-state index contributed by atoms with van der Waals surface area (Å²) >= 11 is 0.813. The number of primary sulfonamides is 1. The maximum absolute atomic E-state index is 13.0. The largest absolute Gasteiger partial charge is 0.248 e. The molecule has 0 fully saturated rings. The first-order valence-electron chi connectivity index (χ1n) is 4.68. The number of hydrogen-bond donors (Lipinski definition) is 1. The Bertz CT molecular complexity index is 709. The number of halogens is 1. The van der Waals surface area contributed by atoms with Crippen LogP contribution < -0.4 is 5.14 Å². The average molecular weight is 305 g/mol. The zero-order valence-electron chi connectivity index (χ0n) is 8.87. The van der Waals surface area contributed by atoms with Gasteiger partial charge in [0.05, 0.1) is 15.0 Å². The van der Waals surface area contributed by atoms with Crippen molar-refractivity contribution in [3.63, 3.8) is 0 Å². The second kappa shape index (κ2) is 4.88. The predicted octanol–water partition coefficient (Wildman–Crippen LogP) is 1.70. The van der Waals surface area contributed by atoms with Crippen molar-refractivity contribution in [1.29, 1.82) is 0 Å². The molecular formula is C10H8FNO3S3. The number of sulfonamides is 1. The molecule has 0 spiro atoms. The second-order valence-electron chi connectivity index (χ2n) is 3.34. The lowest BCUT2D eigenvalue weighted by Crippen LogP contribution is -2.09. The zero-order chi connectivity index (χ0) is 13.3. The minimum absolute atomic E-state index is 0.0674. The van der Waals surface area contributed by atoms with Crippen LogP contribution in [0.5, 0.6) is 0 Å². The van der Waals surface area contributed by atoms with Crippen LogP contribution in [0.15, 0.2) is 49.7 Å². The number of rotatable bonds is 3. The van der Waals surface area contributed by atoms with E-state index in [-0.39, 0.29) is 9.10 Å². The molecule has 1 aromatic carbocycles. The van der Waals surface area contributed by atoms with Gasteiger partial charge in [0.1, 0.15) is 10.0 Å². The topological polar surface area (TPSA) is 77.2 Å². The normalized spacial score (nSPS) is 13.4. The van der Waals surface area contributed by atoms with Gasteiger partial charge in [0, 0.05) is 4.90 Å². The van der Waals surface area contributed by atoms with Crippen LogP contribution in [0.1, 0.15) is 0 Å². The van der Waals surface area contributed by atoms with Gasteiger partial charge in [-0.15, -0.1) is 11.3 Å². The summed E-state index contributed by atoms with van der Waals surface area (Å²) in [5, 5.41) is 4.96. The van der Waals surface area contributed by atoms with Gasteiger partial charge in [0.15, 0.2) is 0 Å². The third kappa shape index (κ3) is 2.83. The monoisotopic (exact) mass is 305 g/mol. The SMILES string of the molecule is NS(=O)(=O)c1ccc([S@](=O)c2cccc(F)c2)s1. The van der Waals surface area contributed by atoms with Crippen molar-refractivity contribution in [3.05, 3.63) is 42.2 Å². The van der Waals surface area contributed by atoms with E-state index >= 15 is 0 Å². The van der Waals surface area contributed by atoms with E-state index in [2.05, 4.69) is 0 Å². The highest BCUT2D eigenvalue weighted by Gasteiger charge is 2.16. The summed E-state index contributed by atoms with van der Waals surface area (Å²) in [5.74, 6) is -0.496. The summed E-state index contributed by atoms with van der Waals surface area (Å²) in [5.41, 5.74) is 0. The quantitative estimate of drug-likeness (QED) is 0.937. The van der Waals surface area contributed by atoms with Crippen LogP contribution in [-0.4, -0.2) is 12.6 Å². The molecule has 0 amide bonds. The van der Waals surface area contributed by atoms with E-state index in [0.717, 1.165) is 17.4 Å². The highest BCUT2D eigenvalue weighted by Crippen LogP contribution is 2.26. The number of benzene rings is 1. The number of hydrogen-bond acceptors (Lipinski definition) is 4. The molecule has 8 heteroatoms. The van der Waals surface area contributed by atoms with Gasteiger partial charge >= 0.3 is 0 Å². The molecule has 0 unspecified atom stereocenters. The number of nitrogens with two attached hydrogens (primary N) is 1. The predicted molar refractivity (Wildman–Crippen MR) is 66.8 cm³/mol. The Hall–Kier alpha value is -1.09. The van der Waals surface area contributed by atoms with Gasteiger partial charge in [-0.25, -0.2) is 22.2 Å². The van der Waals surface area contributed by atoms with Crippen LogP contribution in [0.25, 0.3) is 0 Å². The summed E-state index contributed by atoms with van der Waals surface area (Å²) in [4.78, 5) is 0.276. The van der Waals surface area contributed by atoms with Crippen molar-refractivity contribution in [2.45, 2.75) is 13.3 Å². The minimum Gasteiger partial charge on any atom is -0.248 e. The fourth-order valence-corrected chi connectivity index (χ4v) is 4.58. The Morgan fingerprint density at radius 1 is 1.22 bits per heavy atom. The third-order valence-corrected chi connectivity index (χ3v) is 6.24. The second-order valence-corrected chi connectivity index (χ2v) is 7.92. The van der Waals surface area contributed by atoms with Crippen molar-refractivity contribution < 1.29 is 17.0 Å². The Kier molecular flexibility index (Phi) is 3.62. The van der Waals surface area contributed by atoms with E-state index in [1.165, 1.54) is 30.3 Å². The molecule has 1 atom stereocenters. The number of thiophene rings is 1. The molecule has 0 aliphatic heterocycles. The first-order valence-corrected chi connectivity index (χ1v) is 8.19. The summed E-state index contributed by atoms with van der Waals surface area (Å²) in [6.45, 7) is 0. The van der Waals surface area contributed by atoms with Gasteiger partial charge in [-0.3, -0.25) is 0 Å². The molecule has 1 heterocycles. The lowest BCUT2D eigenvalue weighted by Gasteiger charge is -1.98. The molecule has 0 aliphatic rings. The molecule has 2 rings (SSSR count). The Morgan fingerprint density at radius 2 is 1.94 bits per heavy atom. The van der Waals surface area contributed by atoms with E-state index in [0.29, 0.717) is 4.21 Å². The molecule has 0 saturated heterocycles. The summed E-state index contributed by atoms with van der Waals surface area (Å²) in [6, 6.07) is 8.03. The van der Waals surface area contributed by atoms with Crippen molar-refractivity contribution >= 4 is 32.2 Å². The van der Waals surface area contributed by atoms with Gasteiger partial charge in [-0.1, -0.05) is 6.07 Å². The highest BCUT2D eigenvalue weighted by molar-refractivity contribution is 7.92. The fraction of sp³-hybridized carbons (Fsp3) is 0. The summed E-state index contributed by atoms with van der Waals surface area (Å²) in [7, 11) is -5.41. The smallest absolute Gasteiger partial charge is 0.247 e. The van der Waals surface area contributed by atoms with E-state index < -0.39 is 26.6 Å². The molecule has 96 valence electrons. The van der Waals surface area contributed by atoms with Gasteiger partial charge in [-0.2, -0.15) is 0 Å². The Balaban J connectivity index is 2.38. The first-order chi connectivity index (χ1) is 8.38. The molecule has 0 radical (unpaired) electrons. The molecule has 0 aliphatic carbocycles. The zero-order valence-corrected chi connectivity index (χ0v) is 11.3. The van der Waals surface area contributed by atoms with Crippen LogP contribution in [0.2, 0.25) is 0 Å². The van der Waals surface area contributed by atoms with Crippen molar-refractivity contribution in [2.75, 3.05) is 0 Å². The standard InChI is InChI=1S/C10H8FNO3S3/c11-7-2-1-3-8(6-7)17(13)9-4-5-10(16-9)18(12,14)15/h1-6H,(H2,12,14,15)/t17-/m1/s1. The molecular weight excluding hydrogens is 297 g/mol. The molecule has 2 N–H and O–H groups in total. The Labute approximate surface area is 110 Å². The summed E-state index contributed by atoms with van der Waals surface area (Å²) in [6.07, 6.45) is 0. The van der Waals surface area contributed by atoms with Crippen molar-refractivity contribution in [2.24, 2.45) is 5.14 Å². The van der Waals surface area contributed by atoms with E-state index in [1.807, 2.05) is 0 Å². The maximum atomic E-state index is 13.0. The lowest BCUT2D eigenvalue weighted by molar-refractivity contribution is 0.600. The highest BCUT2D eigenvalue weighted by atomic mass is 32.3. The summed E-state index contributed by atoms with van der Waals surface area (Å²) < 4.78 is 47.5. The van der Waals surface area contributed by atoms with Crippen LogP contribution in [0.3, 0.4) is 0 Å². The van der Waals surface area contributed by atoms with Crippen LogP contribution in [0, 0.1) is 5.82 Å². The molecule has 1 aromatic heterocycles. The third-order valence-electron chi connectivity index (χ3n) is 2.03. The minimum atomic E-state index is -3.80. The van der Waals surface area contributed by atoms with E-state index in [4.69, 9.17) is 5.14 Å². The molecule has 2 aromatic rings. The average Bonchev–Trinajstić information content (AvgIpc) is 2.77. The molecule has 4 nitrogen and oxygen atoms in total.